The van der Waals surface area contributed by atoms with Gasteiger partial charge in [0.05, 0.1) is 11.6 Å². The van der Waals surface area contributed by atoms with E-state index in [0.717, 1.165) is 24.3 Å². The molecule has 0 saturated carbocycles. The van der Waals surface area contributed by atoms with Crippen molar-refractivity contribution < 1.29 is 0 Å². The van der Waals surface area contributed by atoms with Gasteiger partial charge in [0.25, 0.3) is 0 Å². The first kappa shape index (κ1) is 14.9. The van der Waals surface area contributed by atoms with E-state index in [0.29, 0.717) is 0 Å². The van der Waals surface area contributed by atoms with Gasteiger partial charge in [-0.25, -0.2) is 0 Å². The van der Waals surface area contributed by atoms with E-state index in [1.165, 1.54) is 47.1 Å². The van der Waals surface area contributed by atoms with Gasteiger partial charge in [-0.3, -0.25) is 0 Å². The fraction of sp³-hybridized carbons (Fsp3) is 0.381. The summed E-state index contributed by atoms with van der Waals surface area (Å²) in [6.45, 7) is 4.58. The predicted molar refractivity (Wildman–Crippen MR) is 91.8 cm³/mol. The summed E-state index contributed by atoms with van der Waals surface area (Å²) in [5, 5.41) is 9.37. The van der Waals surface area contributed by atoms with E-state index in [1.54, 1.807) is 0 Å². The summed E-state index contributed by atoms with van der Waals surface area (Å²) in [5.41, 5.74) is 7.50. The molecule has 0 amide bonds. The summed E-state index contributed by atoms with van der Waals surface area (Å²) < 4.78 is 0. The Kier molecular flexibility index (Phi) is 4.29. The van der Waals surface area contributed by atoms with Crippen molar-refractivity contribution in [3.63, 3.8) is 0 Å². The van der Waals surface area contributed by atoms with Gasteiger partial charge in [-0.2, -0.15) is 5.26 Å². The largest absolute Gasteiger partial charge is 0.192 e. The minimum absolute atomic E-state index is 0.795. The molecular formula is C21H23N. The number of benzene rings is 2. The van der Waals surface area contributed by atoms with Crippen molar-refractivity contribution in [2.24, 2.45) is 5.92 Å². The molecule has 1 aliphatic rings. The predicted octanol–water partition coefficient (Wildman–Crippen LogP) is 5.50. The lowest BCUT2D eigenvalue weighted by Gasteiger charge is -2.09. The average molecular weight is 289 g/mol. The molecule has 0 aromatic heterocycles. The van der Waals surface area contributed by atoms with Crippen molar-refractivity contribution in [3.8, 4) is 17.2 Å². The van der Waals surface area contributed by atoms with Crippen LogP contribution in [0, 0.1) is 17.2 Å². The third-order valence-electron chi connectivity index (χ3n) is 4.66. The van der Waals surface area contributed by atoms with Crippen LogP contribution in [0.4, 0.5) is 0 Å². The fourth-order valence-electron chi connectivity index (χ4n) is 3.53. The van der Waals surface area contributed by atoms with Gasteiger partial charge in [-0.15, -0.1) is 0 Å². The van der Waals surface area contributed by atoms with E-state index in [1.807, 2.05) is 12.1 Å². The summed E-state index contributed by atoms with van der Waals surface area (Å²) in [7, 11) is 0. The number of aryl methyl sites for hydroxylation is 1. The van der Waals surface area contributed by atoms with Crippen LogP contribution in [0.1, 0.15) is 55.4 Å². The smallest absolute Gasteiger partial charge is 0.0998 e. The Bertz CT molecular complexity index is 719. The molecule has 0 N–H and O–H groups in total. The van der Waals surface area contributed by atoms with Gasteiger partial charge in [0.2, 0.25) is 0 Å². The minimum Gasteiger partial charge on any atom is -0.192 e. The lowest BCUT2D eigenvalue weighted by atomic mass is 9.95. The Labute approximate surface area is 133 Å². The standard InChI is InChI=1S/C21H23N/c1-15(2)7-3-4-8-16-9-6-12-19-20(16)13-17-10-5-11-18(14-22)21(17)19/h5-6,9-12,15H,3-4,7-8,13H2,1-2H3. The molecule has 2 aromatic carbocycles. The summed E-state index contributed by atoms with van der Waals surface area (Å²) >= 11 is 0. The SMILES string of the molecule is CC(C)CCCCc1cccc2c1Cc1cccc(C#N)c1-2. The second-order valence-electron chi connectivity index (χ2n) is 6.71. The first-order valence-electron chi connectivity index (χ1n) is 8.34. The van der Waals surface area contributed by atoms with Gasteiger partial charge in [0.1, 0.15) is 0 Å². The second kappa shape index (κ2) is 6.36. The number of hydrogen-bond donors (Lipinski definition) is 0. The molecule has 2 aromatic rings. The first-order valence-corrected chi connectivity index (χ1v) is 8.34. The van der Waals surface area contributed by atoms with Crippen LogP contribution in [-0.4, -0.2) is 0 Å². The molecular weight excluding hydrogens is 266 g/mol. The van der Waals surface area contributed by atoms with Crippen molar-refractivity contribution in [1.29, 1.82) is 5.26 Å². The van der Waals surface area contributed by atoms with Gasteiger partial charge in [0, 0.05) is 5.56 Å². The fourth-order valence-corrected chi connectivity index (χ4v) is 3.53. The molecule has 0 unspecified atom stereocenters. The molecule has 1 aliphatic carbocycles. The quantitative estimate of drug-likeness (QED) is 0.569. The van der Waals surface area contributed by atoms with Crippen LogP contribution in [0.5, 0.6) is 0 Å². The van der Waals surface area contributed by atoms with Gasteiger partial charge in [-0.1, -0.05) is 57.0 Å². The van der Waals surface area contributed by atoms with E-state index in [9.17, 15) is 5.26 Å². The van der Waals surface area contributed by atoms with Crippen LogP contribution in [-0.2, 0) is 12.8 Å². The number of fused-ring (bicyclic) bond motifs is 3. The summed E-state index contributed by atoms with van der Waals surface area (Å²) in [6.07, 6.45) is 6.02. The number of rotatable bonds is 5. The number of nitriles is 1. The highest BCUT2D eigenvalue weighted by Crippen LogP contribution is 2.40. The maximum atomic E-state index is 9.37. The van der Waals surface area contributed by atoms with E-state index >= 15 is 0 Å². The van der Waals surface area contributed by atoms with Gasteiger partial charge >= 0.3 is 0 Å². The number of unbranched alkanes of at least 4 members (excludes halogenated alkanes) is 1. The zero-order valence-electron chi connectivity index (χ0n) is 13.5. The Morgan fingerprint density at radius 1 is 1.09 bits per heavy atom. The molecule has 0 bridgehead atoms. The van der Waals surface area contributed by atoms with E-state index in [2.05, 4.69) is 44.2 Å². The molecule has 0 fully saturated rings. The molecule has 0 atom stereocenters. The molecule has 0 heterocycles. The summed E-state index contributed by atoms with van der Waals surface area (Å²) in [6, 6.07) is 15.1. The molecule has 22 heavy (non-hydrogen) atoms. The van der Waals surface area contributed by atoms with Gasteiger partial charge in [0.15, 0.2) is 0 Å². The highest BCUT2D eigenvalue weighted by Gasteiger charge is 2.23. The van der Waals surface area contributed by atoms with Crippen LogP contribution in [0.2, 0.25) is 0 Å². The van der Waals surface area contributed by atoms with E-state index < -0.39 is 0 Å². The van der Waals surface area contributed by atoms with E-state index in [-0.39, 0.29) is 0 Å². The molecule has 0 radical (unpaired) electrons. The Morgan fingerprint density at radius 2 is 1.91 bits per heavy atom. The van der Waals surface area contributed by atoms with Crippen LogP contribution in [0.25, 0.3) is 11.1 Å². The zero-order valence-corrected chi connectivity index (χ0v) is 13.5. The van der Waals surface area contributed by atoms with Crippen molar-refractivity contribution in [3.05, 3.63) is 58.7 Å². The lowest BCUT2D eigenvalue weighted by Crippen LogP contribution is -1.94. The minimum atomic E-state index is 0.795. The van der Waals surface area contributed by atoms with Crippen molar-refractivity contribution in [2.75, 3.05) is 0 Å². The third kappa shape index (κ3) is 2.79. The number of hydrogen-bond acceptors (Lipinski definition) is 1. The maximum Gasteiger partial charge on any atom is 0.0998 e. The second-order valence-corrected chi connectivity index (χ2v) is 6.71. The molecule has 0 saturated heterocycles. The Morgan fingerprint density at radius 3 is 2.68 bits per heavy atom. The summed E-state index contributed by atoms with van der Waals surface area (Å²) in [5.74, 6) is 0.795. The first-order chi connectivity index (χ1) is 10.7. The van der Waals surface area contributed by atoms with Crippen LogP contribution < -0.4 is 0 Å². The van der Waals surface area contributed by atoms with Crippen molar-refractivity contribution in [1.82, 2.24) is 0 Å². The average Bonchev–Trinajstić information content (AvgIpc) is 2.90. The highest BCUT2D eigenvalue weighted by molar-refractivity contribution is 5.82. The van der Waals surface area contributed by atoms with Crippen LogP contribution in [0.3, 0.4) is 0 Å². The Hall–Kier alpha value is -2.07. The maximum absolute atomic E-state index is 9.37. The normalized spacial score (nSPS) is 12.1. The van der Waals surface area contributed by atoms with Crippen LogP contribution >= 0.6 is 0 Å². The van der Waals surface area contributed by atoms with Crippen LogP contribution in [0.15, 0.2) is 36.4 Å². The zero-order chi connectivity index (χ0) is 15.5. The molecule has 1 heteroatoms. The molecule has 0 spiro atoms. The van der Waals surface area contributed by atoms with Gasteiger partial charge < -0.3 is 0 Å². The van der Waals surface area contributed by atoms with Gasteiger partial charge in [-0.05, 0) is 53.5 Å². The molecule has 112 valence electrons. The Balaban J connectivity index is 1.85. The topological polar surface area (TPSA) is 23.8 Å². The van der Waals surface area contributed by atoms with Crippen molar-refractivity contribution in [2.45, 2.75) is 46.0 Å². The molecule has 0 aliphatic heterocycles. The monoisotopic (exact) mass is 289 g/mol. The highest BCUT2D eigenvalue weighted by atomic mass is 14.3. The van der Waals surface area contributed by atoms with Crippen molar-refractivity contribution >= 4 is 0 Å². The number of nitrogens with zero attached hydrogens (tertiary/aromatic N) is 1. The summed E-state index contributed by atoms with van der Waals surface area (Å²) in [4.78, 5) is 0. The molecule has 3 rings (SSSR count). The van der Waals surface area contributed by atoms with E-state index in [4.69, 9.17) is 0 Å². The molecule has 1 nitrogen and oxygen atoms in total. The lowest BCUT2D eigenvalue weighted by molar-refractivity contribution is 0.538. The third-order valence-corrected chi connectivity index (χ3v) is 4.66.